The number of nitrogens with zero attached hydrogens (tertiary/aromatic N) is 4. The predicted octanol–water partition coefficient (Wildman–Crippen LogP) is 3.15. The minimum absolute atomic E-state index is 0.149. The fourth-order valence-corrected chi connectivity index (χ4v) is 4.95. The molecule has 0 radical (unpaired) electrons. The lowest BCUT2D eigenvalue weighted by Crippen LogP contribution is -2.40. The molecule has 168 valence electrons. The molecule has 1 unspecified atom stereocenters. The third kappa shape index (κ3) is 4.71. The number of esters is 1. The first-order valence-corrected chi connectivity index (χ1v) is 11.8. The van der Waals surface area contributed by atoms with E-state index < -0.39 is 28.0 Å². The van der Waals surface area contributed by atoms with Crippen molar-refractivity contribution >= 4 is 16.0 Å². The number of hydrogen-bond acceptors (Lipinski definition) is 8. The molecule has 9 nitrogen and oxygen atoms in total. The minimum atomic E-state index is -3.62. The lowest BCUT2D eigenvalue weighted by molar-refractivity contribution is -0.156. The maximum Gasteiger partial charge on any atom is 0.309 e. The normalized spacial score (nSPS) is 16.6. The van der Waals surface area contributed by atoms with Gasteiger partial charge in [0.15, 0.2) is 6.10 Å². The van der Waals surface area contributed by atoms with E-state index in [-0.39, 0.29) is 23.9 Å². The fraction of sp³-hybridized carbons (Fsp3) is 0.364. The van der Waals surface area contributed by atoms with Crippen LogP contribution in [0.4, 0.5) is 0 Å². The van der Waals surface area contributed by atoms with Crippen LogP contribution < -0.4 is 0 Å². The number of aryl methyl sites for hydroxylation is 1. The molecule has 0 N–H and O–H groups in total. The third-order valence-corrected chi connectivity index (χ3v) is 7.32. The Kier molecular flexibility index (Phi) is 6.33. The Hall–Kier alpha value is -3.11. The van der Waals surface area contributed by atoms with Gasteiger partial charge < -0.3 is 9.15 Å². The van der Waals surface area contributed by atoms with Gasteiger partial charge >= 0.3 is 5.97 Å². The van der Waals surface area contributed by atoms with Gasteiger partial charge in [0.2, 0.25) is 15.9 Å². The van der Waals surface area contributed by atoms with Gasteiger partial charge in [-0.2, -0.15) is 4.31 Å². The quantitative estimate of drug-likeness (QED) is 0.520. The molecule has 2 aromatic heterocycles. The molecule has 1 aliphatic rings. The van der Waals surface area contributed by atoms with Crippen LogP contribution in [-0.2, 0) is 19.6 Å². The maximum absolute atomic E-state index is 12.7. The van der Waals surface area contributed by atoms with E-state index in [9.17, 15) is 13.2 Å². The first kappa shape index (κ1) is 22.1. The van der Waals surface area contributed by atoms with Gasteiger partial charge in [-0.15, -0.1) is 10.2 Å². The monoisotopic (exact) mass is 456 g/mol. The Morgan fingerprint density at radius 1 is 1.16 bits per heavy atom. The van der Waals surface area contributed by atoms with Crippen LogP contribution in [0.2, 0.25) is 0 Å². The van der Waals surface area contributed by atoms with Gasteiger partial charge in [-0.05, 0) is 51.0 Å². The lowest BCUT2D eigenvalue weighted by Gasteiger charge is -2.30. The van der Waals surface area contributed by atoms with Crippen molar-refractivity contribution in [3.8, 4) is 11.5 Å². The molecule has 0 bridgehead atoms. The molecule has 1 aliphatic heterocycles. The fourth-order valence-electron chi connectivity index (χ4n) is 3.51. The van der Waals surface area contributed by atoms with Crippen molar-refractivity contribution in [3.63, 3.8) is 0 Å². The Balaban J connectivity index is 1.34. The van der Waals surface area contributed by atoms with Gasteiger partial charge in [0, 0.05) is 31.0 Å². The van der Waals surface area contributed by atoms with Crippen LogP contribution in [0, 0.1) is 12.8 Å². The molecule has 0 amide bonds. The number of aromatic nitrogens is 3. The van der Waals surface area contributed by atoms with Crippen molar-refractivity contribution in [3.05, 3.63) is 60.2 Å². The lowest BCUT2D eigenvalue weighted by atomic mass is 9.98. The van der Waals surface area contributed by atoms with E-state index in [4.69, 9.17) is 9.15 Å². The Labute approximate surface area is 186 Å². The van der Waals surface area contributed by atoms with Gasteiger partial charge in [-0.25, -0.2) is 8.42 Å². The van der Waals surface area contributed by atoms with Crippen molar-refractivity contribution in [2.45, 2.75) is 37.7 Å². The Morgan fingerprint density at radius 3 is 2.53 bits per heavy atom. The van der Waals surface area contributed by atoms with E-state index in [2.05, 4.69) is 15.2 Å². The molecular formula is C22H24N4O5S. The average Bonchev–Trinajstić information content (AvgIpc) is 3.31. The summed E-state index contributed by atoms with van der Waals surface area (Å²) < 4.78 is 38.0. The van der Waals surface area contributed by atoms with Crippen molar-refractivity contribution < 1.29 is 22.4 Å². The first-order valence-electron chi connectivity index (χ1n) is 10.4. The smallest absolute Gasteiger partial charge is 0.309 e. The summed E-state index contributed by atoms with van der Waals surface area (Å²) >= 11 is 0. The highest BCUT2D eigenvalue weighted by Crippen LogP contribution is 2.27. The second-order valence-corrected chi connectivity index (χ2v) is 9.70. The van der Waals surface area contributed by atoms with Crippen LogP contribution in [-0.4, -0.2) is 47.0 Å². The topological polar surface area (TPSA) is 115 Å². The van der Waals surface area contributed by atoms with Crippen molar-refractivity contribution in [1.82, 2.24) is 19.5 Å². The molecule has 10 heteroatoms. The average molecular weight is 457 g/mol. The highest BCUT2D eigenvalue weighted by atomic mass is 32.2. The number of pyridine rings is 1. The number of carbonyl (C=O) groups is 1. The number of piperidine rings is 1. The van der Waals surface area contributed by atoms with E-state index >= 15 is 0 Å². The largest absolute Gasteiger partial charge is 0.452 e. The SMILES string of the molecule is Cc1ccc(-c2nnc(C(C)OC(=O)C3CCN(S(=O)(=O)c4cccnc4)CC3)o2)cc1. The molecule has 4 rings (SSSR count). The van der Waals surface area contributed by atoms with Crippen LogP contribution in [0.5, 0.6) is 0 Å². The zero-order chi connectivity index (χ0) is 22.7. The van der Waals surface area contributed by atoms with Crippen molar-refractivity contribution in [1.29, 1.82) is 0 Å². The summed E-state index contributed by atoms with van der Waals surface area (Å²) in [6, 6.07) is 10.8. The van der Waals surface area contributed by atoms with E-state index in [1.54, 1.807) is 13.0 Å². The van der Waals surface area contributed by atoms with E-state index in [1.807, 2.05) is 31.2 Å². The minimum Gasteiger partial charge on any atom is -0.452 e. The van der Waals surface area contributed by atoms with E-state index in [0.717, 1.165) is 11.1 Å². The molecule has 0 spiro atoms. The molecule has 1 saturated heterocycles. The number of carbonyl (C=O) groups excluding carboxylic acids is 1. The van der Waals surface area contributed by atoms with Gasteiger partial charge in [-0.1, -0.05) is 17.7 Å². The Bertz CT molecular complexity index is 1170. The highest BCUT2D eigenvalue weighted by Gasteiger charge is 2.34. The van der Waals surface area contributed by atoms with Gasteiger partial charge in [0.05, 0.1) is 5.92 Å². The summed E-state index contributed by atoms with van der Waals surface area (Å²) in [5.41, 5.74) is 1.91. The molecule has 0 saturated carbocycles. The molecule has 1 aromatic carbocycles. The van der Waals surface area contributed by atoms with Gasteiger partial charge in [0.25, 0.3) is 5.89 Å². The van der Waals surface area contributed by atoms with Crippen LogP contribution in [0.3, 0.4) is 0 Å². The van der Waals surface area contributed by atoms with Crippen molar-refractivity contribution in [2.75, 3.05) is 13.1 Å². The third-order valence-electron chi connectivity index (χ3n) is 5.44. The van der Waals surface area contributed by atoms with Gasteiger partial charge in [-0.3, -0.25) is 9.78 Å². The highest BCUT2D eigenvalue weighted by molar-refractivity contribution is 7.89. The molecule has 3 heterocycles. The molecule has 0 aliphatic carbocycles. The molecule has 32 heavy (non-hydrogen) atoms. The summed E-state index contributed by atoms with van der Waals surface area (Å²) in [5.74, 6) is -0.217. The van der Waals surface area contributed by atoms with Crippen LogP contribution >= 0.6 is 0 Å². The van der Waals surface area contributed by atoms with Crippen molar-refractivity contribution in [2.24, 2.45) is 5.92 Å². The first-order chi connectivity index (χ1) is 15.3. The second-order valence-electron chi connectivity index (χ2n) is 7.76. The Morgan fingerprint density at radius 2 is 1.88 bits per heavy atom. The van der Waals surface area contributed by atoms with Crippen LogP contribution in [0.1, 0.15) is 37.3 Å². The molecule has 1 atom stereocenters. The van der Waals surface area contributed by atoms with Crippen LogP contribution in [0.25, 0.3) is 11.5 Å². The molecular weight excluding hydrogens is 432 g/mol. The standard InChI is InChI=1S/C22H24N4O5S/c1-15-5-7-17(8-6-15)21-25-24-20(31-21)16(2)30-22(27)18-9-12-26(13-10-18)32(28,29)19-4-3-11-23-14-19/h3-8,11,14,16,18H,9-10,12-13H2,1-2H3. The zero-order valence-electron chi connectivity index (χ0n) is 17.8. The molecule has 3 aromatic rings. The number of rotatable bonds is 6. The summed E-state index contributed by atoms with van der Waals surface area (Å²) in [6.45, 7) is 4.14. The van der Waals surface area contributed by atoms with Gasteiger partial charge in [0.1, 0.15) is 4.90 Å². The molecule has 1 fully saturated rings. The summed E-state index contributed by atoms with van der Waals surface area (Å²) in [6.07, 6.45) is 2.90. The number of hydrogen-bond donors (Lipinski definition) is 0. The number of ether oxygens (including phenoxy) is 1. The van der Waals surface area contributed by atoms with E-state index in [1.165, 1.54) is 22.8 Å². The second kappa shape index (κ2) is 9.17. The number of sulfonamides is 1. The predicted molar refractivity (Wildman–Crippen MR) is 115 cm³/mol. The summed E-state index contributed by atoms with van der Waals surface area (Å²) in [5, 5.41) is 8.04. The summed E-state index contributed by atoms with van der Waals surface area (Å²) in [7, 11) is -3.62. The summed E-state index contributed by atoms with van der Waals surface area (Å²) in [4.78, 5) is 16.7. The maximum atomic E-state index is 12.7. The number of benzene rings is 1. The van der Waals surface area contributed by atoms with Crippen LogP contribution in [0.15, 0.2) is 58.1 Å². The zero-order valence-corrected chi connectivity index (χ0v) is 18.7. The van der Waals surface area contributed by atoms with E-state index in [0.29, 0.717) is 18.7 Å².